The zero-order valence-electron chi connectivity index (χ0n) is 18.6. The monoisotopic (exact) mass is 422 g/mol. The molecule has 0 atom stereocenters. The maximum absolute atomic E-state index is 14.7. The molecule has 0 saturated heterocycles. The Kier molecular flexibility index (Phi) is 6.89. The van der Waals surface area contributed by atoms with Crippen LogP contribution in [0.1, 0.15) is 68.6 Å². The molecule has 0 heterocycles. The zero-order chi connectivity index (χ0) is 21.8. The second kappa shape index (κ2) is 9.80. The van der Waals surface area contributed by atoms with Crippen LogP contribution in [0, 0.1) is 17.6 Å². The van der Waals surface area contributed by atoms with Gasteiger partial charge in [0.15, 0.2) is 11.6 Å². The summed E-state index contributed by atoms with van der Waals surface area (Å²) in [5.74, 6) is 0.603. The van der Waals surface area contributed by atoms with E-state index < -0.39 is 11.6 Å². The van der Waals surface area contributed by atoms with Gasteiger partial charge in [-0.1, -0.05) is 43.7 Å². The maximum Gasteiger partial charge on any atom is 0.167 e. The first kappa shape index (κ1) is 21.8. The molecule has 1 aliphatic carbocycles. The number of fused-ring (bicyclic) bond motifs is 1. The first-order valence-electron chi connectivity index (χ1n) is 11.7. The Morgan fingerprint density at radius 3 is 2.26 bits per heavy atom. The molecule has 0 bridgehead atoms. The highest BCUT2D eigenvalue weighted by Gasteiger charge is 2.21. The fraction of sp³-hybridized carbons (Fsp3) is 0.429. The van der Waals surface area contributed by atoms with Crippen molar-refractivity contribution in [1.29, 1.82) is 0 Å². The van der Waals surface area contributed by atoms with E-state index in [1.807, 2.05) is 6.92 Å². The third-order valence-electron chi connectivity index (χ3n) is 6.93. The summed E-state index contributed by atoms with van der Waals surface area (Å²) in [5, 5.41) is 0.977. The molecule has 31 heavy (non-hydrogen) atoms. The van der Waals surface area contributed by atoms with Crippen molar-refractivity contribution in [2.75, 3.05) is 6.61 Å². The number of halogens is 2. The van der Waals surface area contributed by atoms with Crippen LogP contribution in [0.3, 0.4) is 0 Å². The summed E-state index contributed by atoms with van der Waals surface area (Å²) in [6, 6.07) is 15.7. The van der Waals surface area contributed by atoms with Gasteiger partial charge in [0.05, 0.1) is 6.61 Å². The van der Waals surface area contributed by atoms with E-state index in [0.717, 1.165) is 11.5 Å². The van der Waals surface area contributed by atoms with Crippen LogP contribution in [0.4, 0.5) is 8.78 Å². The maximum atomic E-state index is 14.7. The number of ether oxygens (including phenoxy) is 1. The van der Waals surface area contributed by atoms with Crippen molar-refractivity contribution in [2.45, 2.75) is 64.7 Å². The number of rotatable bonds is 7. The highest BCUT2D eigenvalue weighted by molar-refractivity contribution is 5.85. The smallest absolute Gasteiger partial charge is 0.167 e. The van der Waals surface area contributed by atoms with Crippen LogP contribution in [-0.4, -0.2) is 6.61 Å². The Morgan fingerprint density at radius 2 is 1.58 bits per heavy atom. The lowest BCUT2D eigenvalue weighted by atomic mass is 9.78. The van der Waals surface area contributed by atoms with Crippen LogP contribution in [-0.2, 0) is 12.8 Å². The first-order chi connectivity index (χ1) is 15.1. The number of hydrogen-bond donors (Lipinski definition) is 0. The molecule has 3 aromatic carbocycles. The highest BCUT2D eigenvalue weighted by Crippen LogP contribution is 2.37. The van der Waals surface area contributed by atoms with Crippen molar-refractivity contribution >= 4 is 10.8 Å². The van der Waals surface area contributed by atoms with Crippen LogP contribution >= 0.6 is 0 Å². The minimum atomic E-state index is -0.785. The van der Waals surface area contributed by atoms with E-state index >= 15 is 0 Å². The summed E-state index contributed by atoms with van der Waals surface area (Å²) in [6.07, 6.45) is 7.71. The fourth-order valence-corrected chi connectivity index (χ4v) is 4.94. The Bertz CT molecular complexity index is 1020. The van der Waals surface area contributed by atoms with Gasteiger partial charge in [0.2, 0.25) is 0 Å². The standard InChI is InChI=1S/C28H32F2O/c1-3-19-5-10-21(11-6-19)22-12-7-20(8-13-22)9-14-24-17-23-15-16-25(31-4-2)18-26(23)28(30)27(24)29/h7-8,12-13,15-19,21H,3-6,9-11,14H2,1-2H3. The van der Waals surface area contributed by atoms with E-state index in [2.05, 4.69) is 31.2 Å². The lowest BCUT2D eigenvalue weighted by molar-refractivity contribution is 0.319. The predicted octanol–water partition coefficient (Wildman–Crippen LogP) is 7.99. The van der Waals surface area contributed by atoms with Crippen molar-refractivity contribution in [3.05, 3.63) is 76.9 Å². The van der Waals surface area contributed by atoms with E-state index in [1.54, 1.807) is 24.3 Å². The highest BCUT2D eigenvalue weighted by atomic mass is 19.2. The number of aryl methyl sites for hydroxylation is 2. The van der Waals surface area contributed by atoms with Gasteiger partial charge in [-0.2, -0.15) is 0 Å². The topological polar surface area (TPSA) is 9.23 Å². The van der Waals surface area contributed by atoms with Crippen molar-refractivity contribution in [3.63, 3.8) is 0 Å². The van der Waals surface area contributed by atoms with Crippen LogP contribution in [0.15, 0.2) is 48.5 Å². The predicted molar refractivity (Wildman–Crippen MR) is 124 cm³/mol. The molecule has 0 radical (unpaired) electrons. The van der Waals surface area contributed by atoms with Gasteiger partial charge >= 0.3 is 0 Å². The molecular weight excluding hydrogens is 390 g/mol. The third kappa shape index (κ3) is 4.92. The van der Waals surface area contributed by atoms with Gasteiger partial charge in [-0.25, -0.2) is 8.78 Å². The summed E-state index contributed by atoms with van der Waals surface area (Å²) < 4.78 is 34.8. The normalized spacial score (nSPS) is 19.0. The third-order valence-corrected chi connectivity index (χ3v) is 6.93. The van der Waals surface area contributed by atoms with Gasteiger partial charge < -0.3 is 4.74 Å². The molecule has 164 valence electrons. The average Bonchev–Trinajstić information content (AvgIpc) is 2.81. The molecule has 4 rings (SSSR count). The lowest BCUT2D eigenvalue weighted by Crippen LogP contribution is -2.12. The van der Waals surface area contributed by atoms with E-state index in [1.165, 1.54) is 37.7 Å². The van der Waals surface area contributed by atoms with Gasteiger partial charge in [0, 0.05) is 5.39 Å². The van der Waals surface area contributed by atoms with Crippen LogP contribution in [0.25, 0.3) is 10.8 Å². The van der Waals surface area contributed by atoms with Crippen molar-refractivity contribution in [3.8, 4) is 5.75 Å². The molecule has 1 aliphatic rings. The molecule has 0 unspecified atom stereocenters. The number of benzene rings is 3. The summed E-state index contributed by atoms with van der Waals surface area (Å²) in [5.41, 5.74) is 3.01. The van der Waals surface area contributed by atoms with Crippen LogP contribution in [0.5, 0.6) is 5.75 Å². The zero-order valence-corrected chi connectivity index (χ0v) is 18.6. The van der Waals surface area contributed by atoms with Gasteiger partial charge in [0.1, 0.15) is 5.75 Å². The second-order valence-corrected chi connectivity index (χ2v) is 8.85. The molecule has 0 spiro atoms. The Hall–Kier alpha value is -2.42. The quantitative estimate of drug-likeness (QED) is 0.375. The Labute approximate surface area is 184 Å². The Morgan fingerprint density at radius 1 is 0.839 bits per heavy atom. The van der Waals surface area contributed by atoms with Crippen molar-refractivity contribution < 1.29 is 13.5 Å². The van der Waals surface area contributed by atoms with Gasteiger partial charge in [-0.3, -0.25) is 0 Å². The van der Waals surface area contributed by atoms with E-state index in [-0.39, 0.29) is 5.39 Å². The summed E-state index contributed by atoms with van der Waals surface area (Å²) in [7, 11) is 0. The molecule has 0 amide bonds. The Balaban J connectivity index is 1.44. The van der Waals surface area contributed by atoms with Crippen LogP contribution < -0.4 is 4.74 Å². The first-order valence-corrected chi connectivity index (χ1v) is 11.7. The van der Waals surface area contributed by atoms with Crippen LogP contribution in [0.2, 0.25) is 0 Å². The second-order valence-electron chi connectivity index (χ2n) is 8.85. The average molecular weight is 423 g/mol. The lowest BCUT2D eigenvalue weighted by Gasteiger charge is -2.28. The van der Waals surface area contributed by atoms with Crippen molar-refractivity contribution in [2.24, 2.45) is 5.92 Å². The molecule has 0 N–H and O–H groups in total. The largest absolute Gasteiger partial charge is 0.494 e. The van der Waals surface area contributed by atoms with Gasteiger partial charge in [-0.15, -0.1) is 0 Å². The molecule has 1 nitrogen and oxygen atoms in total. The minimum Gasteiger partial charge on any atom is -0.494 e. The summed E-state index contributed by atoms with van der Waals surface area (Å²) >= 11 is 0. The van der Waals surface area contributed by atoms with E-state index in [4.69, 9.17) is 4.74 Å². The summed E-state index contributed by atoms with van der Waals surface area (Å²) in [6.45, 7) is 4.66. The molecule has 3 heteroatoms. The minimum absolute atomic E-state index is 0.273. The van der Waals surface area contributed by atoms with Gasteiger partial charge in [0.25, 0.3) is 0 Å². The SMILES string of the molecule is CCOc1ccc2cc(CCc3ccc(C4CCC(CC)CC4)cc3)c(F)c(F)c2c1. The van der Waals surface area contributed by atoms with Gasteiger partial charge in [-0.05, 0) is 97.6 Å². The molecule has 1 saturated carbocycles. The van der Waals surface area contributed by atoms with Crippen molar-refractivity contribution in [1.82, 2.24) is 0 Å². The summed E-state index contributed by atoms with van der Waals surface area (Å²) in [4.78, 5) is 0. The van der Waals surface area contributed by atoms with E-state index in [0.29, 0.717) is 42.1 Å². The molecule has 0 aromatic heterocycles. The molecule has 0 aliphatic heterocycles. The molecule has 1 fully saturated rings. The molecule has 3 aromatic rings. The fourth-order valence-electron chi connectivity index (χ4n) is 4.94. The van der Waals surface area contributed by atoms with E-state index in [9.17, 15) is 8.78 Å². The molecular formula is C28H32F2O. The number of hydrogen-bond acceptors (Lipinski definition) is 1.